The molecule has 3 aromatic rings. The van der Waals surface area contributed by atoms with E-state index in [-0.39, 0.29) is 28.9 Å². The summed E-state index contributed by atoms with van der Waals surface area (Å²) in [6.07, 6.45) is -2.37. The van der Waals surface area contributed by atoms with Crippen molar-refractivity contribution in [2.75, 3.05) is 38.2 Å². The number of halogens is 3. The molecule has 0 spiro atoms. The second-order valence-electron chi connectivity index (χ2n) is 9.37. The lowest BCUT2D eigenvalue weighted by atomic mass is 10.1. The Morgan fingerprint density at radius 2 is 1.72 bits per heavy atom. The minimum atomic E-state index is -4.40. The zero-order valence-electron chi connectivity index (χ0n) is 21.4. The number of esters is 1. The summed E-state index contributed by atoms with van der Waals surface area (Å²) in [6.45, 7) is 1.93. The molecular formula is C27H29F3N4O5. The number of carbonyl (C=O) groups is 2. The van der Waals surface area contributed by atoms with Crippen LogP contribution in [0, 0.1) is 0 Å². The van der Waals surface area contributed by atoms with Crippen molar-refractivity contribution in [3.8, 4) is 0 Å². The molecule has 39 heavy (non-hydrogen) atoms. The van der Waals surface area contributed by atoms with Gasteiger partial charge in [0.05, 0.1) is 29.1 Å². The van der Waals surface area contributed by atoms with Gasteiger partial charge in [0.2, 0.25) is 5.91 Å². The van der Waals surface area contributed by atoms with Crippen LogP contribution in [0.15, 0.2) is 52.1 Å². The predicted octanol–water partition coefficient (Wildman–Crippen LogP) is 3.40. The Balaban J connectivity index is 1.24. The Kier molecular flexibility index (Phi) is 8.41. The third-order valence-electron chi connectivity index (χ3n) is 6.85. The SMILES string of the molecule is COC(=O)c1ccc2c(=O)n(CCCCCC(=O)N3CCN(c4cccc(C(F)(F)F)c4)CC3)c(=O)[nH]c2c1. The van der Waals surface area contributed by atoms with Crippen LogP contribution in [0.2, 0.25) is 0 Å². The molecule has 1 aliphatic heterocycles. The fourth-order valence-electron chi connectivity index (χ4n) is 4.68. The average Bonchev–Trinajstić information content (AvgIpc) is 2.93. The monoisotopic (exact) mass is 546 g/mol. The van der Waals surface area contributed by atoms with Crippen LogP contribution < -0.4 is 16.1 Å². The van der Waals surface area contributed by atoms with Crippen molar-refractivity contribution < 1.29 is 27.5 Å². The number of piperazine rings is 1. The molecular weight excluding hydrogens is 517 g/mol. The maximum Gasteiger partial charge on any atom is 0.416 e. The number of hydrogen-bond acceptors (Lipinski definition) is 6. The third kappa shape index (κ3) is 6.50. The first-order chi connectivity index (χ1) is 18.6. The van der Waals surface area contributed by atoms with Crippen molar-refractivity contribution in [2.24, 2.45) is 0 Å². The van der Waals surface area contributed by atoms with Gasteiger partial charge in [-0.2, -0.15) is 13.2 Å². The van der Waals surface area contributed by atoms with Crippen LogP contribution in [-0.4, -0.2) is 59.6 Å². The molecule has 2 heterocycles. The van der Waals surface area contributed by atoms with Crippen molar-refractivity contribution in [3.63, 3.8) is 0 Å². The molecule has 1 aromatic heterocycles. The molecule has 1 saturated heterocycles. The van der Waals surface area contributed by atoms with Crippen LogP contribution in [0.3, 0.4) is 0 Å². The van der Waals surface area contributed by atoms with Crippen molar-refractivity contribution in [1.29, 1.82) is 0 Å². The number of rotatable bonds is 8. The molecule has 1 amide bonds. The van der Waals surface area contributed by atoms with Crippen LogP contribution in [0.1, 0.15) is 41.6 Å². The van der Waals surface area contributed by atoms with Gasteiger partial charge in [0.1, 0.15) is 0 Å². The molecule has 0 atom stereocenters. The minimum absolute atomic E-state index is 0.0270. The topological polar surface area (TPSA) is 105 Å². The number of H-pyrrole nitrogens is 1. The highest BCUT2D eigenvalue weighted by atomic mass is 19.4. The number of unbranched alkanes of at least 4 members (excludes halogenated alkanes) is 2. The molecule has 0 saturated carbocycles. The zero-order valence-corrected chi connectivity index (χ0v) is 21.4. The fraction of sp³-hybridized carbons (Fsp3) is 0.407. The second kappa shape index (κ2) is 11.7. The first-order valence-electron chi connectivity index (χ1n) is 12.6. The highest BCUT2D eigenvalue weighted by Gasteiger charge is 2.31. The van der Waals surface area contributed by atoms with E-state index in [0.29, 0.717) is 57.5 Å². The summed E-state index contributed by atoms with van der Waals surface area (Å²) >= 11 is 0. The van der Waals surface area contributed by atoms with Gasteiger partial charge in [0.25, 0.3) is 5.56 Å². The Hall–Kier alpha value is -4.09. The number of aromatic nitrogens is 2. The summed E-state index contributed by atoms with van der Waals surface area (Å²) in [5.41, 5.74) is -0.773. The van der Waals surface area contributed by atoms with E-state index < -0.39 is 29.0 Å². The van der Waals surface area contributed by atoms with Gasteiger partial charge in [-0.05, 0) is 49.2 Å². The number of fused-ring (bicyclic) bond motifs is 1. The number of alkyl halides is 3. The van der Waals surface area contributed by atoms with E-state index in [1.54, 1.807) is 11.0 Å². The summed E-state index contributed by atoms with van der Waals surface area (Å²) < 4.78 is 44.8. The van der Waals surface area contributed by atoms with E-state index in [2.05, 4.69) is 9.72 Å². The first-order valence-corrected chi connectivity index (χ1v) is 12.6. The average molecular weight is 547 g/mol. The van der Waals surface area contributed by atoms with Crippen molar-refractivity contribution in [1.82, 2.24) is 14.5 Å². The quantitative estimate of drug-likeness (QED) is 0.343. The molecule has 12 heteroatoms. The number of nitrogens with one attached hydrogen (secondary N) is 1. The summed E-state index contributed by atoms with van der Waals surface area (Å²) in [5.74, 6) is -0.602. The van der Waals surface area contributed by atoms with Gasteiger partial charge in [-0.15, -0.1) is 0 Å². The summed E-state index contributed by atoms with van der Waals surface area (Å²) in [4.78, 5) is 55.7. The smallest absolute Gasteiger partial charge is 0.416 e. The van der Waals surface area contributed by atoms with Crippen molar-refractivity contribution in [2.45, 2.75) is 38.4 Å². The van der Waals surface area contributed by atoms with E-state index in [1.165, 1.54) is 31.4 Å². The van der Waals surface area contributed by atoms with Crippen molar-refractivity contribution >= 4 is 28.5 Å². The van der Waals surface area contributed by atoms with E-state index in [9.17, 15) is 32.3 Å². The van der Waals surface area contributed by atoms with Crippen LogP contribution in [0.25, 0.3) is 10.9 Å². The predicted molar refractivity (Wildman–Crippen MR) is 139 cm³/mol. The van der Waals surface area contributed by atoms with Gasteiger partial charge < -0.3 is 19.5 Å². The second-order valence-corrected chi connectivity index (χ2v) is 9.37. The van der Waals surface area contributed by atoms with Crippen LogP contribution >= 0.6 is 0 Å². The highest BCUT2D eigenvalue weighted by molar-refractivity contribution is 5.93. The number of anilines is 1. The van der Waals surface area contributed by atoms with Gasteiger partial charge in [0.15, 0.2) is 0 Å². The Labute approximate surface area is 221 Å². The lowest BCUT2D eigenvalue weighted by Crippen LogP contribution is -2.48. The Morgan fingerprint density at radius 1 is 0.974 bits per heavy atom. The number of aromatic amines is 1. The summed E-state index contributed by atoms with van der Waals surface area (Å²) in [6, 6.07) is 9.53. The Bertz CT molecular complexity index is 1470. The van der Waals surface area contributed by atoms with E-state index in [1.807, 2.05) is 4.90 Å². The zero-order chi connectivity index (χ0) is 28.2. The standard InChI is InChI=1S/C27H29F3N4O5/c1-39-25(37)18-9-10-21-22(16-18)31-26(38)34(24(21)36)11-4-2-3-8-23(35)33-14-12-32(13-15-33)20-7-5-6-19(17-20)27(28,29)30/h5-7,9-10,16-17H,2-4,8,11-15H2,1H3,(H,31,38). The normalized spacial score (nSPS) is 14.1. The highest BCUT2D eigenvalue weighted by Crippen LogP contribution is 2.32. The van der Waals surface area contributed by atoms with E-state index in [0.717, 1.165) is 16.7 Å². The largest absolute Gasteiger partial charge is 0.465 e. The van der Waals surface area contributed by atoms with Crippen molar-refractivity contribution in [3.05, 3.63) is 74.4 Å². The van der Waals surface area contributed by atoms with E-state index in [4.69, 9.17) is 0 Å². The number of amides is 1. The number of hydrogen-bond donors (Lipinski definition) is 1. The molecule has 0 radical (unpaired) electrons. The molecule has 1 N–H and O–H groups in total. The lowest BCUT2D eigenvalue weighted by Gasteiger charge is -2.36. The summed E-state index contributed by atoms with van der Waals surface area (Å²) in [7, 11) is 1.24. The van der Waals surface area contributed by atoms with E-state index >= 15 is 0 Å². The number of ether oxygens (including phenoxy) is 1. The van der Waals surface area contributed by atoms with Gasteiger partial charge >= 0.3 is 17.8 Å². The maximum atomic E-state index is 13.0. The number of methoxy groups -OCH3 is 1. The number of nitrogens with zero attached hydrogens (tertiary/aromatic N) is 3. The minimum Gasteiger partial charge on any atom is -0.465 e. The molecule has 0 aliphatic carbocycles. The summed E-state index contributed by atoms with van der Waals surface area (Å²) in [5, 5.41) is 0.279. The number of benzene rings is 2. The fourth-order valence-corrected chi connectivity index (χ4v) is 4.68. The molecule has 4 rings (SSSR count). The van der Waals surface area contributed by atoms with Gasteiger partial charge in [-0.3, -0.25) is 14.2 Å². The Morgan fingerprint density at radius 3 is 2.41 bits per heavy atom. The lowest BCUT2D eigenvalue weighted by molar-refractivity contribution is -0.137. The molecule has 208 valence electrons. The van der Waals surface area contributed by atoms with Gasteiger partial charge in [-0.25, -0.2) is 9.59 Å². The first kappa shape index (κ1) is 27.9. The van der Waals surface area contributed by atoms with Crippen LogP contribution in [0.5, 0.6) is 0 Å². The molecule has 9 nitrogen and oxygen atoms in total. The van der Waals surface area contributed by atoms with Gasteiger partial charge in [-0.1, -0.05) is 12.5 Å². The third-order valence-corrected chi connectivity index (χ3v) is 6.85. The molecule has 1 aliphatic rings. The molecule has 1 fully saturated rings. The maximum absolute atomic E-state index is 13.0. The molecule has 0 unspecified atom stereocenters. The van der Waals surface area contributed by atoms with Crippen LogP contribution in [-0.2, 0) is 22.3 Å². The molecule has 0 bridgehead atoms. The van der Waals surface area contributed by atoms with Gasteiger partial charge in [0, 0.05) is 44.8 Å². The van der Waals surface area contributed by atoms with Crippen LogP contribution in [0.4, 0.5) is 18.9 Å². The molecule has 2 aromatic carbocycles. The number of carbonyl (C=O) groups excluding carboxylic acids is 2.